The van der Waals surface area contributed by atoms with E-state index in [0.29, 0.717) is 17.9 Å². The van der Waals surface area contributed by atoms with Gasteiger partial charge < -0.3 is 15.0 Å². The van der Waals surface area contributed by atoms with Crippen LogP contribution in [-0.4, -0.2) is 42.8 Å². The number of amides is 1. The second kappa shape index (κ2) is 5.91. The molecule has 4 nitrogen and oxygen atoms in total. The van der Waals surface area contributed by atoms with Crippen molar-refractivity contribution in [1.82, 2.24) is 10.2 Å². The maximum absolute atomic E-state index is 11.6. The third-order valence-corrected chi connectivity index (χ3v) is 3.40. The minimum absolute atomic E-state index is 0.267. The van der Waals surface area contributed by atoms with Crippen LogP contribution in [0.25, 0.3) is 0 Å². The van der Waals surface area contributed by atoms with Gasteiger partial charge in [0.25, 0.3) is 0 Å². The lowest BCUT2D eigenvalue weighted by atomic mass is 9.66. The Morgan fingerprint density at radius 1 is 1.22 bits per heavy atom. The summed E-state index contributed by atoms with van der Waals surface area (Å²) in [7, 11) is 2.14. The van der Waals surface area contributed by atoms with Gasteiger partial charge in [-0.15, -0.1) is 0 Å². The van der Waals surface area contributed by atoms with Crippen LogP contribution >= 0.6 is 0 Å². The van der Waals surface area contributed by atoms with Gasteiger partial charge in [-0.3, -0.25) is 0 Å². The van der Waals surface area contributed by atoms with Crippen LogP contribution in [0.3, 0.4) is 0 Å². The second-order valence-corrected chi connectivity index (χ2v) is 6.15. The minimum atomic E-state index is -0.403. The van der Waals surface area contributed by atoms with Gasteiger partial charge >= 0.3 is 6.09 Å². The highest BCUT2D eigenvalue weighted by Crippen LogP contribution is 2.39. The van der Waals surface area contributed by atoms with Gasteiger partial charge in [0.1, 0.15) is 5.60 Å². The number of piperidine rings is 2. The first-order valence-electron chi connectivity index (χ1n) is 7.03. The molecule has 3 aliphatic rings. The van der Waals surface area contributed by atoms with E-state index in [1.807, 2.05) is 34.6 Å². The number of alkyl carbamates (subject to hydrolysis) is 1. The van der Waals surface area contributed by atoms with Crippen molar-refractivity contribution in [2.75, 3.05) is 20.1 Å². The van der Waals surface area contributed by atoms with Crippen LogP contribution in [0.1, 0.15) is 41.0 Å². The van der Waals surface area contributed by atoms with E-state index in [2.05, 4.69) is 17.3 Å². The van der Waals surface area contributed by atoms with Gasteiger partial charge in [-0.1, -0.05) is 13.8 Å². The smallest absolute Gasteiger partial charge is 0.407 e. The number of ether oxygens (including phenoxy) is 1. The standard InChI is InChI=1S/C12H22N2O2.C2H6/c1-12(2,3)16-11(15)13-10-8-5-9(10)7-14(4)6-8;1-2/h8-10H,5-7H2,1-4H3,(H,13,15);1-2H3/t8-,9+,10?;. The van der Waals surface area contributed by atoms with E-state index in [4.69, 9.17) is 4.74 Å². The number of nitrogens with zero attached hydrogens (tertiary/aromatic N) is 1. The Balaban J connectivity index is 0.000000771. The summed E-state index contributed by atoms with van der Waals surface area (Å²) in [6, 6.07) is 0.339. The molecule has 0 aromatic carbocycles. The molecule has 2 bridgehead atoms. The maximum Gasteiger partial charge on any atom is 0.407 e. The van der Waals surface area contributed by atoms with Crippen LogP contribution in [0, 0.1) is 11.8 Å². The topological polar surface area (TPSA) is 41.6 Å². The molecule has 1 N–H and O–H groups in total. The van der Waals surface area contributed by atoms with E-state index in [-0.39, 0.29) is 6.09 Å². The van der Waals surface area contributed by atoms with E-state index in [9.17, 15) is 4.79 Å². The number of fused-ring (bicyclic) bond motifs is 2. The van der Waals surface area contributed by atoms with Crippen LogP contribution in [0.15, 0.2) is 0 Å². The molecule has 18 heavy (non-hydrogen) atoms. The highest BCUT2D eigenvalue weighted by molar-refractivity contribution is 5.68. The summed E-state index contributed by atoms with van der Waals surface area (Å²) in [4.78, 5) is 14.0. The molecule has 0 radical (unpaired) electrons. The monoisotopic (exact) mass is 256 g/mol. The predicted molar refractivity (Wildman–Crippen MR) is 73.6 cm³/mol. The lowest BCUT2D eigenvalue weighted by Gasteiger charge is -2.52. The third kappa shape index (κ3) is 3.87. The van der Waals surface area contributed by atoms with Crippen molar-refractivity contribution in [3.8, 4) is 0 Å². The molecule has 2 saturated heterocycles. The normalized spacial score (nSPS) is 30.7. The number of carbonyl (C=O) groups excluding carboxylic acids is 1. The number of nitrogens with one attached hydrogen (secondary N) is 1. The molecule has 0 aromatic rings. The molecule has 3 fully saturated rings. The number of hydrogen-bond acceptors (Lipinski definition) is 3. The zero-order valence-electron chi connectivity index (χ0n) is 12.6. The fourth-order valence-corrected chi connectivity index (χ4v) is 2.80. The fourth-order valence-electron chi connectivity index (χ4n) is 2.80. The molecule has 3 atom stereocenters. The lowest BCUT2D eigenvalue weighted by molar-refractivity contribution is -0.0126. The van der Waals surface area contributed by atoms with E-state index in [0.717, 1.165) is 13.1 Å². The molecule has 1 saturated carbocycles. The van der Waals surface area contributed by atoms with Crippen LogP contribution in [0.5, 0.6) is 0 Å². The average molecular weight is 256 g/mol. The first-order valence-corrected chi connectivity index (χ1v) is 7.03. The molecule has 4 heteroatoms. The summed E-state index contributed by atoms with van der Waals surface area (Å²) >= 11 is 0. The molecule has 2 heterocycles. The summed E-state index contributed by atoms with van der Waals surface area (Å²) < 4.78 is 5.27. The van der Waals surface area contributed by atoms with Crippen molar-refractivity contribution in [3.05, 3.63) is 0 Å². The van der Waals surface area contributed by atoms with Crippen molar-refractivity contribution in [2.24, 2.45) is 11.8 Å². The summed E-state index contributed by atoms with van der Waals surface area (Å²) in [6.07, 6.45) is 0.988. The van der Waals surface area contributed by atoms with Crippen molar-refractivity contribution in [3.63, 3.8) is 0 Å². The predicted octanol–water partition coefficient (Wildman–Crippen LogP) is 2.49. The van der Waals surface area contributed by atoms with E-state index < -0.39 is 5.60 Å². The lowest BCUT2D eigenvalue weighted by Crippen LogP contribution is -2.63. The van der Waals surface area contributed by atoms with E-state index in [1.54, 1.807) is 0 Å². The molecule has 2 aliphatic heterocycles. The first kappa shape index (κ1) is 15.3. The fraction of sp³-hybridized carbons (Fsp3) is 0.929. The molecular weight excluding hydrogens is 228 g/mol. The molecular formula is C14H28N2O2. The third-order valence-electron chi connectivity index (χ3n) is 3.40. The molecule has 0 spiro atoms. The van der Waals surface area contributed by atoms with Crippen LogP contribution in [-0.2, 0) is 4.74 Å². The van der Waals surface area contributed by atoms with Crippen LogP contribution in [0.4, 0.5) is 4.79 Å². The summed E-state index contributed by atoms with van der Waals surface area (Å²) in [5.74, 6) is 1.24. The Morgan fingerprint density at radius 3 is 2.17 bits per heavy atom. The van der Waals surface area contributed by atoms with Crippen LogP contribution < -0.4 is 5.32 Å². The molecule has 3 rings (SSSR count). The Labute approximate surface area is 111 Å². The van der Waals surface area contributed by atoms with Gasteiger partial charge in [0, 0.05) is 19.1 Å². The minimum Gasteiger partial charge on any atom is -0.444 e. The molecule has 106 valence electrons. The van der Waals surface area contributed by atoms with E-state index in [1.165, 1.54) is 6.42 Å². The summed E-state index contributed by atoms with van der Waals surface area (Å²) in [5, 5.41) is 3.01. The number of carbonyl (C=O) groups is 1. The van der Waals surface area contributed by atoms with Gasteiger partial charge in [-0.2, -0.15) is 0 Å². The quantitative estimate of drug-likeness (QED) is 0.783. The number of hydrogen-bond donors (Lipinski definition) is 1. The van der Waals surface area contributed by atoms with Gasteiger partial charge in [0.15, 0.2) is 0 Å². The van der Waals surface area contributed by atoms with Crippen molar-refractivity contribution < 1.29 is 9.53 Å². The van der Waals surface area contributed by atoms with Crippen molar-refractivity contribution in [1.29, 1.82) is 0 Å². The largest absolute Gasteiger partial charge is 0.444 e. The summed E-state index contributed by atoms with van der Waals surface area (Å²) in [5.41, 5.74) is -0.403. The number of rotatable bonds is 1. The highest BCUT2D eigenvalue weighted by Gasteiger charge is 2.46. The maximum atomic E-state index is 11.6. The zero-order valence-corrected chi connectivity index (χ0v) is 12.6. The molecule has 1 unspecified atom stereocenters. The second-order valence-electron chi connectivity index (χ2n) is 6.15. The SMILES string of the molecule is CC.CN1C[C@H]2C[C@@H](C1)C2NC(=O)OC(C)(C)C. The van der Waals surface area contributed by atoms with E-state index >= 15 is 0 Å². The van der Waals surface area contributed by atoms with Gasteiger partial charge in [-0.05, 0) is 46.1 Å². The van der Waals surface area contributed by atoms with Crippen molar-refractivity contribution >= 4 is 6.09 Å². The van der Waals surface area contributed by atoms with Gasteiger partial charge in [-0.25, -0.2) is 4.79 Å². The highest BCUT2D eigenvalue weighted by atomic mass is 16.6. The van der Waals surface area contributed by atoms with Crippen LogP contribution in [0.2, 0.25) is 0 Å². The van der Waals surface area contributed by atoms with Gasteiger partial charge in [0.05, 0.1) is 0 Å². The van der Waals surface area contributed by atoms with Gasteiger partial charge in [0.2, 0.25) is 0 Å². The first-order chi connectivity index (χ1) is 8.35. The Hall–Kier alpha value is -0.770. The summed E-state index contributed by atoms with van der Waals surface area (Å²) in [6.45, 7) is 11.9. The molecule has 1 amide bonds. The Kier molecular flexibility index (Phi) is 5.02. The average Bonchev–Trinajstić information content (AvgIpc) is 2.26. The Bertz CT molecular complexity index is 274. The van der Waals surface area contributed by atoms with Crippen molar-refractivity contribution in [2.45, 2.75) is 52.7 Å². The Morgan fingerprint density at radius 2 is 1.72 bits per heavy atom. The zero-order chi connectivity index (χ0) is 13.9. The molecule has 0 aromatic heterocycles. The molecule has 1 aliphatic carbocycles.